The molecule has 2 N–H and O–H groups in total. The van der Waals surface area contributed by atoms with Gasteiger partial charge in [-0.3, -0.25) is 14.5 Å². The Hall–Kier alpha value is -1.10. The van der Waals surface area contributed by atoms with E-state index in [1.54, 1.807) is 0 Å². The molecular formula is C13H24N2O3. The van der Waals surface area contributed by atoms with Crippen LogP contribution >= 0.6 is 0 Å². The number of hydrogen-bond donors (Lipinski definition) is 2. The molecular weight excluding hydrogens is 232 g/mol. The highest BCUT2D eigenvalue weighted by Gasteiger charge is 2.24. The van der Waals surface area contributed by atoms with Crippen LogP contribution in [0.5, 0.6) is 0 Å². The summed E-state index contributed by atoms with van der Waals surface area (Å²) in [6, 6.07) is 0.362. The van der Waals surface area contributed by atoms with E-state index < -0.39 is 5.97 Å². The van der Waals surface area contributed by atoms with Gasteiger partial charge in [0.2, 0.25) is 5.91 Å². The fourth-order valence-corrected chi connectivity index (χ4v) is 2.39. The average Bonchev–Trinajstić information content (AvgIpc) is 2.79. The third-order valence-corrected chi connectivity index (χ3v) is 3.45. The van der Waals surface area contributed by atoms with Crippen molar-refractivity contribution in [3.63, 3.8) is 0 Å². The van der Waals surface area contributed by atoms with E-state index in [1.165, 1.54) is 12.8 Å². The second-order valence-electron chi connectivity index (χ2n) is 5.25. The summed E-state index contributed by atoms with van der Waals surface area (Å²) >= 11 is 0. The van der Waals surface area contributed by atoms with Crippen molar-refractivity contribution < 1.29 is 14.7 Å². The van der Waals surface area contributed by atoms with Gasteiger partial charge in [0.05, 0.1) is 6.42 Å². The van der Waals surface area contributed by atoms with Gasteiger partial charge in [0.1, 0.15) is 0 Å². The zero-order valence-electron chi connectivity index (χ0n) is 11.3. The van der Waals surface area contributed by atoms with Gasteiger partial charge in [-0.05, 0) is 31.8 Å². The first kappa shape index (κ1) is 15.0. The zero-order chi connectivity index (χ0) is 13.5. The second-order valence-corrected chi connectivity index (χ2v) is 5.25. The molecule has 0 aliphatic carbocycles. The quantitative estimate of drug-likeness (QED) is 0.715. The van der Waals surface area contributed by atoms with E-state index in [4.69, 9.17) is 5.11 Å². The van der Waals surface area contributed by atoms with Gasteiger partial charge in [-0.25, -0.2) is 0 Å². The molecule has 1 heterocycles. The normalized spacial score (nSPS) is 17.9. The summed E-state index contributed by atoms with van der Waals surface area (Å²) in [5, 5.41) is 11.4. The van der Waals surface area contributed by atoms with E-state index in [2.05, 4.69) is 24.1 Å². The maximum absolute atomic E-state index is 11.5. The molecule has 0 radical (unpaired) electrons. The molecule has 1 atom stereocenters. The highest BCUT2D eigenvalue weighted by Crippen LogP contribution is 2.17. The fraction of sp³-hybridized carbons (Fsp3) is 0.846. The van der Waals surface area contributed by atoms with Crippen molar-refractivity contribution >= 4 is 11.9 Å². The summed E-state index contributed by atoms with van der Waals surface area (Å²) < 4.78 is 0. The molecule has 0 aromatic rings. The lowest BCUT2D eigenvalue weighted by Gasteiger charge is -2.31. The number of carbonyl (C=O) groups excluding carboxylic acids is 1. The van der Waals surface area contributed by atoms with Crippen LogP contribution < -0.4 is 5.32 Å². The number of likely N-dealkylation sites (tertiary alicyclic amines) is 1. The van der Waals surface area contributed by atoms with Crippen molar-refractivity contribution in [2.75, 3.05) is 19.6 Å². The number of hydrogen-bond acceptors (Lipinski definition) is 3. The lowest BCUT2D eigenvalue weighted by Crippen LogP contribution is -2.45. The Morgan fingerprint density at radius 2 is 1.83 bits per heavy atom. The molecule has 1 saturated heterocycles. The van der Waals surface area contributed by atoms with E-state index >= 15 is 0 Å². The highest BCUT2D eigenvalue weighted by atomic mass is 16.4. The Kier molecular flexibility index (Phi) is 6.12. The Balaban J connectivity index is 2.33. The van der Waals surface area contributed by atoms with Crippen LogP contribution in [0.15, 0.2) is 0 Å². The van der Waals surface area contributed by atoms with Crippen molar-refractivity contribution in [1.29, 1.82) is 0 Å². The van der Waals surface area contributed by atoms with Crippen molar-refractivity contribution in [2.24, 2.45) is 5.92 Å². The largest absolute Gasteiger partial charge is 0.481 e. The number of nitrogens with zero attached hydrogens (tertiary/aromatic N) is 1. The molecule has 104 valence electrons. The molecule has 5 nitrogen and oxygen atoms in total. The number of aliphatic carboxylic acids is 1. The summed E-state index contributed by atoms with van der Waals surface area (Å²) in [5.41, 5.74) is 0. The van der Waals surface area contributed by atoms with Crippen molar-refractivity contribution in [1.82, 2.24) is 10.2 Å². The van der Waals surface area contributed by atoms with Crippen molar-refractivity contribution in [3.05, 3.63) is 0 Å². The molecule has 1 fully saturated rings. The molecule has 1 aliphatic rings. The van der Waals surface area contributed by atoms with Gasteiger partial charge in [0.15, 0.2) is 0 Å². The third kappa shape index (κ3) is 5.04. The molecule has 0 saturated carbocycles. The van der Waals surface area contributed by atoms with E-state index in [1.807, 2.05) is 0 Å². The standard InChI is InChI=1S/C13H24N2O3/c1-10(2)11(15-7-3-4-8-15)9-14-12(16)5-6-13(17)18/h10-11H,3-9H2,1-2H3,(H,14,16)(H,17,18). The Morgan fingerprint density at radius 1 is 1.22 bits per heavy atom. The number of nitrogens with one attached hydrogen (secondary N) is 1. The lowest BCUT2D eigenvalue weighted by atomic mass is 10.0. The number of carboxylic acid groups (broad SMARTS) is 1. The first-order valence-electron chi connectivity index (χ1n) is 6.73. The SMILES string of the molecule is CC(C)C(CNC(=O)CCC(=O)O)N1CCCC1. The summed E-state index contributed by atoms with van der Waals surface area (Å²) in [5.74, 6) is -0.602. The zero-order valence-corrected chi connectivity index (χ0v) is 11.3. The number of rotatable bonds is 7. The summed E-state index contributed by atoms with van der Waals surface area (Å²) in [4.78, 5) is 24.3. The van der Waals surface area contributed by atoms with Gasteiger partial charge in [-0.15, -0.1) is 0 Å². The maximum Gasteiger partial charge on any atom is 0.303 e. The minimum absolute atomic E-state index is 0.0696. The molecule has 0 spiro atoms. The molecule has 0 aromatic heterocycles. The van der Waals surface area contributed by atoms with Crippen LogP contribution in [-0.2, 0) is 9.59 Å². The second kappa shape index (κ2) is 7.36. The van der Waals surface area contributed by atoms with Crippen LogP contribution in [0.2, 0.25) is 0 Å². The van der Waals surface area contributed by atoms with E-state index in [9.17, 15) is 9.59 Å². The maximum atomic E-state index is 11.5. The predicted molar refractivity (Wildman–Crippen MR) is 69.3 cm³/mol. The first-order chi connectivity index (χ1) is 8.50. The van der Waals surface area contributed by atoms with Gasteiger partial charge in [-0.1, -0.05) is 13.8 Å². The number of carboxylic acids is 1. The highest BCUT2D eigenvalue weighted by molar-refractivity contribution is 5.80. The van der Waals surface area contributed by atoms with Gasteiger partial charge >= 0.3 is 5.97 Å². The van der Waals surface area contributed by atoms with Crippen LogP contribution in [-0.4, -0.2) is 47.6 Å². The minimum atomic E-state index is -0.926. The molecule has 1 unspecified atom stereocenters. The topological polar surface area (TPSA) is 69.6 Å². The van der Waals surface area contributed by atoms with E-state index in [0.717, 1.165) is 13.1 Å². The molecule has 0 aromatic carbocycles. The van der Waals surface area contributed by atoms with Crippen LogP contribution in [0.3, 0.4) is 0 Å². The molecule has 1 aliphatic heterocycles. The summed E-state index contributed by atoms with van der Waals surface area (Å²) in [6.07, 6.45) is 2.44. The Morgan fingerprint density at radius 3 is 2.33 bits per heavy atom. The number of carbonyl (C=O) groups is 2. The molecule has 1 amide bonds. The smallest absolute Gasteiger partial charge is 0.303 e. The summed E-state index contributed by atoms with van der Waals surface area (Å²) in [7, 11) is 0. The van der Waals surface area contributed by atoms with Crippen molar-refractivity contribution in [2.45, 2.75) is 45.6 Å². The predicted octanol–water partition coefficient (Wildman–Crippen LogP) is 1.09. The van der Waals surface area contributed by atoms with Crippen LogP contribution in [0.1, 0.15) is 39.5 Å². The molecule has 18 heavy (non-hydrogen) atoms. The molecule has 0 bridgehead atoms. The fourth-order valence-electron chi connectivity index (χ4n) is 2.39. The average molecular weight is 256 g/mol. The Bertz CT molecular complexity index is 286. The first-order valence-corrected chi connectivity index (χ1v) is 6.73. The minimum Gasteiger partial charge on any atom is -0.481 e. The van der Waals surface area contributed by atoms with Crippen LogP contribution in [0, 0.1) is 5.92 Å². The molecule has 5 heteroatoms. The van der Waals surface area contributed by atoms with Gasteiger partial charge in [-0.2, -0.15) is 0 Å². The monoisotopic (exact) mass is 256 g/mol. The summed E-state index contributed by atoms with van der Waals surface area (Å²) in [6.45, 7) is 7.15. The lowest BCUT2D eigenvalue weighted by molar-refractivity contribution is -0.138. The van der Waals surface area contributed by atoms with E-state index in [-0.39, 0.29) is 18.7 Å². The number of amides is 1. The van der Waals surface area contributed by atoms with Crippen molar-refractivity contribution in [3.8, 4) is 0 Å². The van der Waals surface area contributed by atoms with Crippen LogP contribution in [0.4, 0.5) is 0 Å². The Labute approximate surface area is 109 Å². The molecule has 1 rings (SSSR count). The third-order valence-electron chi connectivity index (χ3n) is 3.45. The van der Waals surface area contributed by atoms with Gasteiger partial charge in [0.25, 0.3) is 0 Å². The van der Waals surface area contributed by atoms with Gasteiger partial charge in [0, 0.05) is 19.0 Å². The van der Waals surface area contributed by atoms with Gasteiger partial charge < -0.3 is 10.4 Å². The van der Waals surface area contributed by atoms with E-state index in [0.29, 0.717) is 18.5 Å². The van der Waals surface area contributed by atoms with Crippen LogP contribution in [0.25, 0.3) is 0 Å².